The zero-order valence-corrected chi connectivity index (χ0v) is 20.3. The van der Waals surface area contributed by atoms with Crippen LogP contribution in [0.3, 0.4) is 0 Å². The fourth-order valence-corrected chi connectivity index (χ4v) is 4.93. The van der Waals surface area contributed by atoms with Gasteiger partial charge >= 0.3 is 5.97 Å². The molecule has 0 N–H and O–H groups in total. The number of carbonyl (C=O) groups excluding carboxylic acids is 2. The Morgan fingerprint density at radius 3 is 2.37 bits per heavy atom. The lowest BCUT2D eigenvalue weighted by atomic mass is 9.92. The molecule has 0 bridgehead atoms. The Kier molecular flexibility index (Phi) is 5.69. The third-order valence-corrected chi connectivity index (χ3v) is 6.61. The van der Waals surface area contributed by atoms with E-state index in [4.69, 9.17) is 4.84 Å². The normalized spacial score (nSPS) is 11.9. The maximum atomic E-state index is 13.8. The van der Waals surface area contributed by atoms with Crippen LogP contribution in [0.2, 0.25) is 0 Å². The number of ketones is 1. The number of fused-ring (bicyclic) bond motifs is 4. The van der Waals surface area contributed by atoms with Crippen LogP contribution in [0.4, 0.5) is 0 Å². The molecule has 4 aromatic carbocycles. The summed E-state index contributed by atoms with van der Waals surface area (Å²) < 4.78 is 2.26. The van der Waals surface area contributed by atoms with Crippen LogP contribution in [0.25, 0.3) is 32.6 Å². The van der Waals surface area contributed by atoms with Crippen molar-refractivity contribution in [3.8, 4) is 0 Å². The van der Waals surface area contributed by atoms with Crippen LogP contribution in [0, 0.1) is 6.92 Å². The van der Waals surface area contributed by atoms with Crippen LogP contribution >= 0.6 is 0 Å². The van der Waals surface area contributed by atoms with Gasteiger partial charge in [0.1, 0.15) is 0 Å². The number of aromatic nitrogens is 1. The molecule has 0 aliphatic carbocycles. The first-order valence-corrected chi connectivity index (χ1v) is 11.7. The summed E-state index contributed by atoms with van der Waals surface area (Å²) in [5.41, 5.74) is 5.99. The average molecular weight is 463 g/mol. The minimum absolute atomic E-state index is 0.0161. The van der Waals surface area contributed by atoms with E-state index in [9.17, 15) is 9.59 Å². The Morgan fingerprint density at radius 1 is 0.857 bits per heavy atom. The number of hydrogen-bond acceptors (Lipinski definition) is 4. The molecule has 35 heavy (non-hydrogen) atoms. The first-order valence-electron chi connectivity index (χ1n) is 11.7. The molecule has 5 nitrogen and oxygen atoms in total. The Morgan fingerprint density at radius 2 is 1.60 bits per heavy atom. The Bertz CT molecular complexity index is 1670. The second-order valence-corrected chi connectivity index (χ2v) is 8.72. The van der Waals surface area contributed by atoms with Gasteiger partial charge in [-0.1, -0.05) is 53.7 Å². The van der Waals surface area contributed by atoms with Gasteiger partial charge in [0.05, 0.1) is 5.71 Å². The highest BCUT2D eigenvalue weighted by molar-refractivity contribution is 6.21. The topological polar surface area (TPSA) is 60.7 Å². The van der Waals surface area contributed by atoms with Gasteiger partial charge in [0.15, 0.2) is 5.78 Å². The second kappa shape index (κ2) is 8.84. The van der Waals surface area contributed by atoms with E-state index in [1.54, 1.807) is 0 Å². The summed E-state index contributed by atoms with van der Waals surface area (Å²) in [6.07, 6.45) is 0. The zero-order valence-electron chi connectivity index (χ0n) is 20.3. The summed E-state index contributed by atoms with van der Waals surface area (Å²) in [6, 6.07) is 23.9. The van der Waals surface area contributed by atoms with Crippen molar-refractivity contribution >= 4 is 50.0 Å². The van der Waals surface area contributed by atoms with E-state index >= 15 is 0 Å². The Labute approximate surface area is 203 Å². The van der Waals surface area contributed by atoms with Crippen molar-refractivity contribution in [2.75, 3.05) is 0 Å². The van der Waals surface area contributed by atoms with Crippen molar-refractivity contribution in [3.63, 3.8) is 0 Å². The molecule has 5 aromatic rings. The van der Waals surface area contributed by atoms with Crippen molar-refractivity contribution in [1.29, 1.82) is 0 Å². The first-order chi connectivity index (χ1) is 16.9. The molecule has 1 heterocycles. The summed E-state index contributed by atoms with van der Waals surface area (Å²) in [7, 11) is 0. The highest BCUT2D eigenvalue weighted by atomic mass is 16.7. The smallest absolute Gasteiger partial charge is 0.331 e. The molecule has 0 saturated carbocycles. The molecular formula is C30H26N2O3. The monoisotopic (exact) mass is 462 g/mol. The molecule has 0 saturated heterocycles. The fourth-order valence-electron chi connectivity index (χ4n) is 4.93. The van der Waals surface area contributed by atoms with Gasteiger partial charge in [0, 0.05) is 46.4 Å². The molecule has 0 unspecified atom stereocenters. The number of hydrogen-bond donors (Lipinski definition) is 0. The lowest BCUT2D eigenvalue weighted by Crippen LogP contribution is -2.05. The van der Waals surface area contributed by atoms with Gasteiger partial charge in [-0.05, 0) is 66.9 Å². The first kappa shape index (κ1) is 22.5. The summed E-state index contributed by atoms with van der Waals surface area (Å²) in [4.78, 5) is 29.8. The third kappa shape index (κ3) is 3.79. The number of carbonyl (C=O) groups is 2. The highest BCUT2D eigenvalue weighted by Gasteiger charge is 2.20. The van der Waals surface area contributed by atoms with Crippen LogP contribution < -0.4 is 0 Å². The minimum Gasteiger partial charge on any atom is -0.341 e. The zero-order chi connectivity index (χ0) is 24.7. The van der Waals surface area contributed by atoms with Crippen molar-refractivity contribution in [2.24, 2.45) is 5.16 Å². The lowest BCUT2D eigenvalue weighted by molar-refractivity contribution is -0.140. The van der Waals surface area contributed by atoms with E-state index in [2.05, 4.69) is 28.8 Å². The number of oxime groups is 1. The average Bonchev–Trinajstić information content (AvgIpc) is 3.20. The quantitative estimate of drug-likeness (QED) is 0.125. The standard InChI is InChI=1S/C30H26N2O3/c1-5-32-27-15-13-22(19(3)31-35-20(4)33)17-26(27)29-18(2)23(14-16-28(29)32)30(34)25-12-8-10-21-9-6-7-11-24(21)25/h6-17H,5H2,1-4H3/b31-19+. The third-order valence-electron chi connectivity index (χ3n) is 6.61. The molecule has 174 valence electrons. The van der Waals surface area contributed by atoms with Gasteiger partial charge in [-0.3, -0.25) is 4.79 Å². The predicted molar refractivity (Wildman–Crippen MR) is 141 cm³/mol. The van der Waals surface area contributed by atoms with Gasteiger partial charge in [-0.15, -0.1) is 0 Å². The molecule has 5 heteroatoms. The number of aryl methyl sites for hydroxylation is 2. The van der Waals surface area contributed by atoms with Gasteiger partial charge in [0.2, 0.25) is 0 Å². The summed E-state index contributed by atoms with van der Waals surface area (Å²) in [6.45, 7) is 8.07. The van der Waals surface area contributed by atoms with E-state index in [0.717, 1.165) is 50.2 Å². The fraction of sp³-hybridized carbons (Fsp3) is 0.167. The van der Waals surface area contributed by atoms with Gasteiger partial charge < -0.3 is 9.40 Å². The van der Waals surface area contributed by atoms with Gasteiger partial charge in [0.25, 0.3) is 0 Å². The van der Waals surface area contributed by atoms with Crippen molar-refractivity contribution in [3.05, 3.63) is 95.1 Å². The maximum absolute atomic E-state index is 13.8. The van der Waals surface area contributed by atoms with E-state index in [1.165, 1.54) is 6.92 Å². The van der Waals surface area contributed by atoms with Crippen molar-refractivity contribution < 1.29 is 14.4 Å². The maximum Gasteiger partial charge on any atom is 0.331 e. The van der Waals surface area contributed by atoms with E-state index in [0.29, 0.717) is 16.8 Å². The molecule has 0 fully saturated rings. The SMILES string of the molecule is CCn1c2ccc(/C(C)=N/OC(C)=O)cc2c2c(C)c(C(=O)c3cccc4ccccc34)ccc21. The van der Waals surface area contributed by atoms with Crippen LogP contribution in [0.1, 0.15) is 47.8 Å². The number of rotatable bonds is 5. The largest absolute Gasteiger partial charge is 0.341 e. The molecule has 0 atom stereocenters. The Balaban J connectivity index is 1.73. The summed E-state index contributed by atoms with van der Waals surface area (Å²) in [5.74, 6) is -0.442. The number of benzene rings is 4. The van der Waals surface area contributed by atoms with E-state index in [1.807, 2.05) is 74.5 Å². The van der Waals surface area contributed by atoms with Crippen LogP contribution in [-0.2, 0) is 16.2 Å². The minimum atomic E-state index is -0.458. The van der Waals surface area contributed by atoms with E-state index < -0.39 is 5.97 Å². The molecule has 0 spiro atoms. The second-order valence-electron chi connectivity index (χ2n) is 8.72. The summed E-state index contributed by atoms with van der Waals surface area (Å²) in [5, 5.41) is 8.05. The van der Waals surface area contributed by atoms with Gasteiger partial charge in [-0.25, -0.2) is 4.79 Å². The predicted octanol–water partition coefficient (Wildman–Crippen LogP) is 6.79. The highest BCUT2D eigenvalue weighted by Crippen LogP contribution is 2.35. The molecular weight excluding hydrogens is 436 g/mol. The van der Waals surface area contributed by atoms with Crippen molar-refractivity contribution in [2.45, 2.75) is 34.2 Å². The molecule has 0 amide bonds. The molecule has 1 aromatic heterocycles. The molecule has 5 rings (SSSR count). The lowest BCUT2D eigenvalue weighted by Gasteiger charge is -2.10. The number of nitrogens with zero attached hydrogens (tertiary/aromatic N) is 2. The van der Waals surface area contributed by atoms with Gasteiger partial charge in [-0.2, -0.15) is 0 Å². The molecule has 0 aliphatic heterocycles. The summed E-state index contributed by atoms with van der Waals surface area (Å²) >= 11 is 0. The van der Waals surface area contributed by atoms with E-state index in [-0.39, 0.29) is 5.78 Å². The molecule has 0 aliphatic rings. The Hall–Kier alpha value is -4.25. The van der Waals surface area contributed by atoms with Crippen molar-refractivity contribution in [1.82, 2.24) is 4.57 Å². The van der Waals surface area contributed by atoms with Crippen LogP contribution in [0.15, 0.2) is 78.0 Å². The van der Waals surface area contributed by atoms with Crippen LogP contribution in [0.5, 0.6) is 0 Å². The molecule has 0 radical (unpaired) electrons. The van der Waals surface area contributed by atoms with Crippen LogP contribution in [-0.4, -0.2) is 22.0 Å².